The maximum Gasteiger partial charge on any atom is 0.449 e. The molecule has 7 nitrogen and oxygen atoms in total. The van der Waals surface area contributed by atoms with Crippen molar-refractivity contribution >= 4 is 27.5 Å². The van der Waals surface area contributed by atoms with Gasteiger partial charge in [-0.05, 0) is 12.1 Å². The van der Waals surface area contributed by atoms with Gasteiger partial charge in [0.25, 0.3) is 0 Å². The molecule has 0 aliphatic heterocycles. The van der Waals surface area contributed by atoms with E-state index in [2.05, 4.69) is 15.0 Å². The number of halogens is 6. The number of hydrogen-bond acceptors (Lipinski definition) is 4. The SMILES string of the molecule is CCS(=O)c1cc2c(cc1-c1cn3cnc(C(F)(F)F)cc3n1)nc(C(F)(F)F)n2C.O. The number of rotatable bonds is 3. The van der Waals surface area contributed by atoms with Crippen molar-refractivity contribution in [3.63, 3.8) is 0 Å². The van der Waals surface area contributed by atoms with Crippen molar-refractivity contribution in [2.24, 2.45) is 7.05 Å². The van der Waals surface area contributed by atoms with Gasteiger partial charge in [-0.25, -0.2) is 15.0 Å². The van der Waals surface area contributed by atoms with E-state index in [1.807, 2.05) is 0 Å². The summed E-state index contributed by atoms with van der Waals surface area (Å²) < 4.78 is 93.3. The van der Waals surface area contributed by atoms with E-state index in [9.17, 15) is 30.6 Å². The van der Waals surface area contributed by atoms with E-state index in [4.69, 9.17) is 0 Å². The lowest BCUT2D eigenvalue weighted by Crippen LogP contribution is -2.12. The van der Waals surface area contributed by atoms with Crippen LogP contribution in [0.1, 0.15) is 18.4 Å². The molecule has 0 spiro atoms. The topological polar surface area (TPSA) is 96.6 Å². The normalized spacial score (nSPS) is 13.5. The third-order valence-corrected chi connectivity index (χ3v) is 6.01. The van der Waals surface area contributed by atoms with Gasteiger partial charge in [0.15, 0.2) is 0 Å². The summed E-state index contributed by atoms with van der Waals surface area (Å²) in [7, 11) is -0.386. The molecule has 0 saturated heterocycles. The smallest absolute Gasteiger partial charge is 0.412 e. The Bertz CT molecular complexity index is 1340. The average Bonchev–Trinajstić information content (AvgIpc) is 3.26. The third-order valence-electron chi connectivity index (χ3n) is 4.66. The molecule has 0 radical (unpaired) electrons. The van der Waals surface area contributed by atoms with Gasteiger partial charge in [-0.15, -0.1) is 0 Å². The summed E-state index contributed by atoms with van der Waals surface area (Å²) >= 11 is 0. The fourth-order valence-electron chi connectivity index (χ4n) is 3.19. The first-order chi connectivity index (χ1) is 14.4. The highest BCUT2D eigenvalue weighted by Crippen LogP contribution is 2.35. The number of alkyl halides is 6. The predicted molar refractivity (Wildman–Crippen MR) is 103 cm³/mol. The second-order valence-corrected chi connectivity index (χ2v) is 8.34. The highest BCUT2D eigenvalue weighted by molar-refractivity contribution is 7.85. The Morgan fingerprint density at radius 1 is 1.03 bits per heavy atom. The molecule has 3 heterocycles. The van der Waals surface area contributed by atoms with Crippen molar-refractivity contribution in [3.8, 4) is 11.3 Å². The van der Waals surface area contributed by atoms with Gasteiger partial charge in [-0.1, -0.05) is 6.92 Å². The lowest BCUT2D eigenvalue weighted by atomic mass is 10.1. The molecular weight excluding hydrogens is 464 g/mol. The summed E-state index contributed by atoms with van der Waals surface area (Å²) in [6.07, 6.45) is -7.05. The molecule has 0 aliphatic rings. The van der Waals surface area contributed by atoms with Crippen LogP contribution >= 0.6 is 0 Å². The van der Waals surface area contributed by atoms with Crippen LogP contribution in [-0.2, 0) is 30.2 Å². The summed E-state index contributed by atoms with van der Waals surface area (Å²) in [5.74, 6) is -0.947. The zero-order valence-electron chi connectivity index (χ0n) is 16.4. The Morgan fingerprint density at radius 2 is 1.72 bits per heavy atom. The number of nitrogens with zero attached hydrogens (tertiary/aromatic N) is 5. The quantitative estimate of drug-likeness (QED) is 0.419. The fourth-order valence-corrected chi connectivity index (χ4v) is 4.16. The number of aryl methyl sites for hydroxylation is 1. The van der Waals surface area contributed by atoms with E-state index in [1.54, 1.807) is 6.92 Å². The number of hydrogen-bond donors (Lipinski definition) is 0. The summed E-state index contributed by atoms with van der Waals surface area (Å²) in [6, 6.07) is 3.41. The maximum absolute atomic E-state index is 13.3. The van der Waals surface area contributed by atoms with Gasteiger partial charge in [-0.3, -0.25) is 8.61 Å². The number of aromatic nitrogens is 5. The van der Waals surface area contributed by atoms with Gasteiger partial charge >= 0.3 is 12.4 Å². The molecule has 2 N–H and O–H groups in total. The first-order valence-electron chi connectivity index (χ1n) is 8.78. The molecule has 0 saturated carbocycles. The zero-order valence-corrected chi connectivity index (χ0v) is 17.2. The van der Waals surface area contributed by atoms with E-state index in [1.165, 1.54) is 29.8 Å². The average molecular weight is 479 g/mol. The van der Waals surface area contributed by atoms with Crippen molar-refractivity contribution in [1.29, 1.82) is 0 Å². The standard InChI is InChI=1S/C18H13F6N5OS.H2O/c1-3-31(30)13-5-12-10(27-16(28(12)2)18(22,23)24)4-9(13)11-7-29-8-25-14(17(19,20)21)6-15(29)26-11;/h4-8H,3H2,1-2H3;1H2. The van der Waals surface area contributed by atoms with Gasteiger partial charge in [0.2, 0.25) is 5.82 Å². The van der Waals surface area contributed by atoms with E-state index < -0.39 is 34.7 Å². The Morgan fingerprint density at radius 3 is 2.31 bits per heavy atom. The number of imidazole rings is 2. The highest BCUT2D eigenvalue weighted by atomic mass is 32.2. The van der Waals surface area contributed by atoms with Gasteiger partial charge in [0.1, 0.15) is 17.7 Å². The molecule has 1 unspecified atom stereocenters. The molecule has 4 aromatic rings. The summed E-state index contributed by atoms with van der Waals surface area (Å²) in [5.41, 5.74) is -0.728. The van der Waals surface area contributed by atoms with Gasteiger partial charge in [-0.2, -0.15) is 26.3 Å². The second-order valence-electron chi connectivity index (χ2n) is 6.63. The molecule has 0 fully saturated rings. The molecule has 3 aromatic heterocycles. The molecule has 0 amide bonds. The minimum atomic E-state index is -4.69. The van der Waals surface area contributed by atoms with Gasteiger partial charge in [0, 0.05) is 30.6 Å². The Labute approximate surface area is 178 Å². The minimum Gasteiger partial charge on any atom is -0.412 e. The Balaban J connectivity index is 0.00000289. The van der Waals surface area contributed by atoms with Crippen molar-refractivity contribution in [2.45, 2.75) is 24.2 Å². The number of benzene rings is 1. The van der Waals surface area contributed by atoms with E-state index >= 15 is 0 Å². The van der Waals surface area contributed by atoms with Crippen molar-refractivity contribution in [2.75, 3.05) is 5.75 Å². The largest absolute Gasteiger partial charge is 0.449 e. The highest BCUT2D eigenvalue weighted by Gasteiger charge is 2.37. The van der Waals surface area contributed by atoms with Crippen LogP contribution in [0.5, 0.6) is 0 Å². The van der Waals surface area contributed by atoms with Crippen LogP contribution in [0.15, 0.2) is 35.6 Å². The van der Waals surface area contributed by atoms with Crippen molar-refractivity contribution in [3.05, 3.63) is 42.2 Å². The molecule has 14 heteroatoms. The Hall–Kier alpha value is -3.00. The second kappa shape index (κ2) is 7.85. The molecule has 0 aliphatic carbocycles. The molecule has 1 atom stereocenters. The van der Waals surface area contributed by atoms with Crippen LogP contribution in [0.3, 0.4) is 0 Å². The van der Waals surface area contributed by atoms with E-state index in [-0.39, 0.29) is 44.1 Å². The van der Waals surface area contributed by atoms with Gasteiger partial charge < -0.3 is 10.0 Å². The molecule has 4 rings (SSSR count). The van der Waals surface area contributed by atoms with E-state index in [0.717, 1.165) is 17.0 Å². The molecule has 0 bridgehead atoms. The summed E-state index contributed by atoms with van der Waals surface area (Å²) in [4.78, 5) is 11.3. The first-order valence-corrected chi connectivity index (χ1v) is 10.1. The lowest BCUT2D eigenvalue weighted by Gasteiger charge is -2.08. The molecule has 32 heavy (non-hydrogen) atoms. The number of fused-ring (bicyclic) bond motifs is 2. The Kier molecular flexibility index (Phi) is 5.80. The van der Waals surface area contributed by atoms with Crippen LogP contribution in [0.25, 0.3) is 27.9 Å². The van der Waals surface area contributed by atoms with Gasteiger partial charge in [0.05, 0.1) is 32.4 Å². The lowest BCUT2D eigenvalue weighted by molar-refractivity contribution is -0.146. The van der Waals surface area contributed by atoms with Crippen LogP contribution in [0, 0.1) is 0 Å². The first kappa shape index (κ1) is 23.7. The minimum absolute atomic E-state index is 0. The summed E-state index contributed by atoms with van der Waals surface area (Å²) in [5, 5.41) is 0. The third kappa shape index (κ3) is 3.95. The van der Waals surface area contributed by atoms with E-state index in [0.29, 0.717) is 0 Å². The summed E-state index contributed by atoms with van der Waals surface area (Å²) in [6.45, 7) is 1.64. The molecule has 172 valence electrons. The zero-order chi connectivity index (χ0) is 22.7. The monoisotopic (exact) mass is 479 g/mol. The maximum atomic E-state index is 13.3. The van der Waals surface area contributed by atoms with Crippen LogP contribution < -0.4 is 0 Å². The van der Waals surface area contributed by atoms with Crippen LogP contribution in [-0.4, -0.2) is 39.4 Å². The molecule has 1 aromatic carbocycles. The fraction of sp³-hybridized carbons (Fsp3) is 0.278. The molecular formula is C18H15F6N5O2S. The van der Waals surface area contributed by atoms with Crippen molar-refractivity contribution < 1.29 is 36.0 Å². The van der Waals surface area contributed by atoms with Crippen LogP contribution in [0.2, 0.25) is 0 Å². The van der Waals surface area contributed by atoms with Crippen molar-refractivity contribution in [1.82, 2.24) is 23.9 Å². The predicted octanol–water partition coefficient (Wildman–Crippen LogP) is 3.62. The van der Waals surface area contributed by atoms with Crippen LogP contribution in [0.4, 0.5) is 26.3 Å².